The van der Waals surface area contributed by atoms with Gasteiger partial charge in [0.25, 0.3) is 0 Å². The lowest BCUT2D eigenvalue weighted by molar-refractivity contribution is 0.162. The van der Waals surface area contributed by atoms with Crippen molar-refractivity contribution in [2.45, 2.75) is 38.3 Å². The highest BCUT2D eigenvalue weighted by atomic mass is 16.2. The third-order valence-electron chi connectivity index (χ3n) is 3.84. The maximum absolute atomic E-state index is 11.0. The number of likely N-dealkylation sites (N-methyl/N-ethyl adjacent to an activating group) is 1. The van der Waals surface area contributed by atoms with Crippen LogP contribution in [0.15, 0.2) is 0 Å². The molecule has 0 bridgehead atoms. The molecule has 1 rings (SSSR count). The van der Waals surface area contributed by atoms with Gasteiger partial charge in [0.05, 0.1) is 0 Å². The van der Waals surface area contributed by atoms with Gasteiger partial charge >= 0.3 is 6.03 Å². The third-order valence-corrected chi connectivity index (χ3v) is 3.84. The highest BCUT2D eigenvalue weighted by Gasteiger charge is 2.25. The summed E-state index contributed by atoms with van der Waals surface area (Å²) in [6.07, 6.45) is 1.99. The Kier molecular flexibility index (Phi) is 4.77. The van der Waals surface area contributed by atoms with E-state index in [9.17, 15) is 4.79 Å². The molecule has 1 saturated heterocycles. The number of amides is 2. The van der Waals surface area contributed by atoms with E-state index in [0.29, 0.717) is 6.04 Å². The normalized spacial score (nSPS) is 18.8. The van der Waals surface area contributed by atoms with Crippen molar-refractivity contribution in [2.24, 2.45) is 5.73 Å². The van der Waals surface area contributed by atoms with Crippen molar-refractivity contribution in [2.75, 3.05) is 33.7 Å². The molecule has 0 spiro atoms. The second-order valence-electron chi connectivity index (χ2n) is 5.69. The summed E-state index contributed by atoms with van der Waals surface area (Å²) < 4.78 is 0. The second kappa shape index (κ2) is 5.69. The van der Waals surface area contributed by atoms with Gasteiger partial charge in [0.2, 0.25) is 0 Å². The number of hydrogen-bond acceptors (Lipinski definition) is 3. The molecule has 0 unspecified atom stereocenters. The predicted molar refractivity (Wildman–Crippen MR) is 69.9 cm³/mol. The van der Waals surface area contributed by atoms with Crippen LogP contribution in [0.25, 0.3) is 0 Å². The van der Waals surface area contributed by atoms with Gasteiger partial charge < -0.3 is 20.9 Å². The summed E-state index contributed by atoms with van der Waals surface area (Å²) in [5, 5.41) is 3.58. The number of nitrogens with zero attached hydrogens (tertiary/aromatic N) is 2. The fourth-order valence-corrected chi connectivity index (χ4v) is 1.86. The molecule has 0 aromatic rings. The second-order valence-corrected chi connectivity index (χ2v) is 5.69. The summed E-state index contributed by atoms with van der Waals surface area (Å²) >= 11 is 0. The van der Waals surface area contributed by atoms with Gasteiger partial charge in [-0.3, -0.25) is 0 Å². The maximum atomic E-state index is 11.0. The Morgan fingerprint density at radius 3 is 2.35 bits per heavy atom. The van der Waals surface area contributed by atoms with E-state index in [1.807, 2.05) is 0 Å². The van der Waals surface area contributed by atoms with Crippen LogP contribution >= 0.6 is 0 Å². The zero-order valence-corrected chi connectivity index (χ0v) is 11.5. The summed E-state index contributed by atoms with van der Waals surface area (Å²) in [7, 11) is 4.19. The lowest BCUT2D eigenvalue weighted by Gasteiger charge is -2.37. The number of piperidine rings is 1. The van der Waals surface area contributed by atoms with E-state index in [2.05, 4.69) is 38.2 Å². The summed E-state index contributed by atoms with van der Waals surface area (Å²) in [6, 6.07) is 0.210. The zero-order chi connectivity index (χ0) is 13.1. The van der Waals surface area contributed by atoms with Crippen LogP contribution in [-0.2, 0) is 0 Å². The molecule has 1 aliphatic rings. The predicted octanol–water partition coefficient (Wildman–Crippen LogP) is 0.459. The number of rotatable bonds is 4. The standard InChI is InChI=1S/C12H26N4O/c1-12(2,15(3)4)9-14-10-5-7-16(8-6-10)11(13)17/h10,14H,5-9H2,1-4H3,(H2,13,17). The molecule has 0 aromatic heterocycles. The quantitative estimate of drug-likeness (QED) is 0.753. The Labute approximate surface area is 104 Å². The molecular formula is C12H26N4O. The van der Waals surface area contributed by atoms with E-state index >= 15 is 0 Å². The first-order valence-corrected chi connectivity index (χ1v) is 6.28. The molecule has 1 heterocycles. The number of nitrogens with one attached hydrogen (secondary N) is 1. The van der Waals surface area contributed by atoms with Gasteiger partial charge in [0.1, 0.15) is 0 Å². The maximum Gasteiger partial charge on any atom is 0.314 e. The lowest BCUT2D eigenvalue weighted by Crippen LogP contribution is -2.52. The Morgan fingerprint density at radius 2 is 1.94 bits per heavy atom. The summed E-state index contributed by atoms with van der Waals surface area (Å²) in [5.74, 6) is 0. The summed E-state index contributed by atoms with van der Waals surface area (Å²) in [4.78, 5) is 14.9. The van der Waals surface area contributed by atoms with Crippen LogP contribution in [-0.4, -0.2) is 61.1 Å². The molecule has 0 radical (unpaired) electrons. The molecule has 5 nitrogen and oxygen atoms in total. The Balaban J connectivity index is 2.29. The van der Waals surface area contributed by atoms with Crippen molar-refractivity contribution in [1.82, 2.24) is 15.1 Å². The number of likely N-dealkylation sites (tertiary alicyclic amines) is 1. The average molecular weight is 242 g/mol. The number of urea groups is 1. The van der Waals surface area contributed by atoms with E-state index in [0.717, 1.165) is 32.5 Å². The first kappa shape index (κ1) is 14.3. The van der Waals surface area contributed by atoms with Gasteiger partial charge in [-0.05, 0) is 40.8 Å². The average Bonchev–Trinajstić information content (AvgIpc) is 2.27. The Morgan fingerprint density at radius 1 is 1.41 bits per heavy atom. The minimum absolute atomic E-state index is 0.154. The van der Waals surface area contributed by atoms with Gasteiger partial charge in [-0.25, -0.2) is 4.79 Å². The van der Waals surface area contributed by atoms with Crippen LogP contribution in [0.5, 0.6) is 0 Å². The van der Waals surface area contributed by atoms with Crippen LogP contribution in [0.4, 0.5) is 4.79 Å². The molecule has 17 heavy (non-hydrogen) atoms. The largest absolute Gasteiger partial charge is 0.351 e. The van der Waals surface area contributed by atoms with E-state index in [-0.39, 0.29) is 11.6 Å². The van der Waals surface area contributed by atoms with Crippen molar-refractivity contribution >= 4 is 6.03 Å². The highest BCUT2D eigenvalue weighted by molar-refractivity contribution is 5.72. The fraction of sp³-hybridized carbons (Fsp3) is 0.917. The Bertz CT molecular complexity index is 257. The van der Waals surface area contributed by atoms with Gasteiger partial charge in [0.15, 0.2) is 0 Å². The minimum atomic E-state index is -0.294. The SMILES string of the molecule is CN(C)C(C)(C)CNC1CCN(C(N)=O)CC1. The van der Waals surface area contributed by atoms with Crippen molar-refractivity contribution in [3.05, 3.63) is 0 Å². The van der Waals surface area contributed by atoms with Gasteiger partial charge in [-0.1, -0.05) is 0 Å². The van der Waals surface area contributed by atoms with Crippen LogP contribution < -0.4 is 11.1 Å². The first-order chi connectivity index (χ1) is 7.83. The van der Waals surface area contributed by atoms with Gasteiger partial charge in [-0.15, -0.1) is 0 Å². The van der Waals surface area contributed by atoms with E-state index in [4.69, 9.17) is 5.73 Å². The fourth-order valence-electron chi connectivity index (χ4n) is 1.86. The van der Waals surface area contributed by atoms with Crippen molar-refractivity contribution < 1.29 is 4.79 Å². The summed E-state index contributed by atoms with van der Waals surface area (Å²) in [6.45, 7) is 6.95. The molecule has 1 aliphatic heterocycles. The molecule has 2 amide bonds. The van der Waals surface area contributed by atoms with Crippen molar-refractivity contribution in [3.8, 4) is 0 Å². The number of primary amides is 1. The zero-order valence-electron chi connectivity index (χ0n) is 11.5. The molecule has 0 aliphatic carbocycles. The molecule has 5 heteroatoms. The number of carbonyl (C=O) groups is 1. The van der Waals surface area contributed by atoms with Crippen LogP contribution in [0.2, 0.25) is 0 Å². The minimum Gasteiger partial charge on any atom is -0.351 e. The van der Waals surface area contributed by atoms with E-state index in [1.54, 1.807) is 4.90 Å². The molecular weight excluding hydrogens is 216 g/mol. The van der Waals surface area contributed by atoms with Crippen molar-refractivity contribution in [3.63, 3.8) is 0 Å². The first-order valence-electron chi connectivity index (χ1n) is 6.28. The molecule has 100 valence electrons. The highest BCUT2D eigenvalue weighted by Crippen LogP contribution is 2.13. The third kappa shape index (κ3) is 4.16. The number of carbonyl (C=O) groups excluding carboxylic acids is 1. The smallest absolute Gasteiger partial charge is 0.314 e. The molecule has 1 fully saturated rings. The topological polar surface area (TPSA) is 61.6 Å². The Hall–Kier alpha value is -0.810. The molecule has 0 aromatic carbocycles. The van der Waals surface area contributed by atoms with Gasteiger partial charge in [-0.2, -0.15) is 0 Å². The van der Waals surface area contributed by atoms with Gasteiger partial charge in [0, 0.05) is 31.2 Å². The molecule has 3 N–H and O–H groups in total. The van der Waals surface area contributed by atoms with E-state index in [1.165, 1.54) is 0 Å². The number of hydrogen-bond donors (Lipinski definition) is 2. The summed E-state index contributed by atoms with van der Waals surface area (Å²) in [5.41, 5.74) is 5.41. The van der Waals surface area contributed by atoms with E-state index < -0.39 is 0 Å². The molecule has 0 atom stereocenters. The van der Waals surface area contributed by atoms with Crippen LogP contribution in [0.1, 0.15) is 26.7 Å². The number of nitrogens with two attached hydrogens (primary N) is 1. The monoisotopic (exact) mass is 242 g/mol. The molecule has 0 saturated carbocycles. The van der Waals surface area contributed by atoms with Crippen LogP contribution in [0, 0.1) is 0 Å². The van der Waals surface area contributed by atoms with Crippen molar-refractivity contribution in [1.29, 1.82) is 0 Å². The lowest BCUT2D eigenvalue weighted by atomic mass is 10.0. The van der Waals surface area contributed by atoms with Crippen LogP contribution in [0.3, 0.4) is 0 Å².